The molecule has 2 aromatic rings. The van der Waals surface area contributed by atoms with Crippen LogP contribution < -0.4 is 5.32 Å². The van der Waals surface area contributed by atoms with Gasteiger partial charge in [0.25, 0.3) is 0 Å². The van der Waals surface area contributed by atoms with E-state index in [2.05, 4.69) is 46.1 Å². The largest absolute Gasteiger partial charge is 0.316 e. The van der Waals surface area contributed by atoms with Gasteiger partial charge in [-0.1, -0.05) is 13.0 Å². The van der Waals surface area contributed by atoms with Crippen molar-refractivity contribution < 1.29 is 0 Å². The second kappa shape index (κ2) is 5.51. The van der Waals surface area contributed by atoms with Crippen molar-refractivity contribution >= 4 is 22.7 Å². The molecule has 4 rings (SSSR count). The first-order chi connectivity index (χ1) is 10.3. The van der Waals surface area contributed by atoms with Crippen molar-refractivity contribution in [2.45, 2.75) is 25.8 Å². The van der Waals surface area contributed by atoms with Crippen molar-refractivity contribution in [3.8, 4) is 0 Å². The van der Waals surface area contributed by atoms with Gasteiger partial charge in [0.2, 0.25) is 0 Å². The lowest BCUT2D eigenvalue weighted by molar-refractivity contribution is 0.141. The fourth-order valence-corrected chi connectivity index (χ4v) is 5.59. The van der Waals surface area contributed by atoms with Crippen LogP contribution >= 0.6 is 22.7 Å². The Morgan fingerprint density at radius 2 is 2.29 bits per heavy atom. The van der Waals surface area contributed by atoms with Crippen LogP contribution in [0.4, 0.5) is 0 Å². The lowest BCUT2D eigenvalue weighted by Crippen LogP contribution is -2.42. The molecule has 0 aromatic carbocycles. The third-order valence-corrected chi connectivity index (χ3v) is 6.84. The minimum Gasteiger partial charge on any atom is -0.316 e. The molecular formula is C17H22N2S2. The first-order valence-corrected chi connectivity index (χ1v) is 9.56. The van der Waals surface area contributed by atoms with Crippen LogP contribution in [0.1, 0.15) is 34.7 Å². The molecule has 2 atom stereocenters. The van der Waals surface area contributed by atoms with Gasteiger partial charge < -0.3 is 5.32 Å². The summed E-state index contributed by atoms with van der Waals surface area (Å²) in [6, 6.07) is 7.34. The molecule has 0 saturated carbocycles. The van der Waals surface area contributed by atoms with Crippen LogP contribution in [-0.4, -0.2) is 31.1 Å². The molecule has 2 aromatic heterocycles. The van der Waals surface area contributed by atoms with E-state index in [1.54, 1.807) is 10.4 Å². The third-order valence-electron chi connectivity index (χ3n) is 4.92. The highest BCUT2D eigenvalue weighted by atomic mass is 32.1. The topological polar surface area (TPSA) is 15.3 Å². The molecule has 0 radical (unpaired) electrons. The van der Waals surface area contributed by atoms with E-state index in [4.69, 9.17) is 0 Å². The first-order valence-electron chi connectivity index (χ1n) is 7.80. The number of nitrogens with one attached hydrogen (secondary N) is 1. The lowest BCUT2D eigenvalue weighted by Gasteiger charge is -2.40. The zero-order valence-corrected chi connectivity index (χ0v) is 14.1. The van der Waals surface area contributed by atoms with Crippen molar-refractivity contribution in [3.63, 3.8) is 0 Å². The number of hydrogen-bond acceptors (Lipinski definition) is 4. The first kappa shape index (κ1) is 13.9. The highest BCUT2D eigenvalue weighted by Crippen LogP contribution is 2.41. The zero-order chi connectivity index (χ0) is 14.3. The van der Waals surface area contributed by atoms with E-state index in [0.29, 0.717) is 11.5 Å². The molecular weight excluding hydrogens is 296 g/mol. The Bertz CT molecular complexity index is 596. The van der Waals surface area contributed by atoms with Gasteiger partial charge in [-0.2, -0.15) is 0 Å². The fourth-order valence-electron chi connectivity index (χ4n) is 3.81. The highest BCUT2D eigenvalue weighted by molar-refractivity contribution is 7.10. The van der Waals surface area contributed by atoms with Gasteiger partial charge in [-0.3, -0.25) is 4.90 Å². The van der Waals surface area contributed by atoms with Gasteiger partial charge in [0.1, 0.15) is 0 Å². The van der Waals surface area contributed by atoms with Gasteiger partial charge in [-0.05, 0) is 53.3 Å². The summed E-state index contributed by atoms with van der Waals surface area (Å²) in [6.07, 6.45) is 2.52. The van der Waals surface area contributed by atoms with Crippen LogP contribution in [0.25, 0.3) is 0 Å². The number of thiophene rings is 2. The van der Waals surface area contributed by atoms with Crippen molar-refractivity contribution in [2.75, 3.05) is 26.2 Å². The average molecular weight is 319 g/mol. The zero-order valence-electron chi connectivity index (χ0n) is 12.5. The van der Waals surface area contributed by atoms with Crippen molar-refractivity contribution in [1.29, 1.82) is 0 Å². The summed E-state index contributed by atoms with van der Waals surface area (Å²) in [4.78, 5) is 5.83. The summed E-state index contributed by atoms with van der Waals surface area (Å²) in [7, 11) is 0. The van der Waals surface area contributed by atoms with E-state index in [-0.39, 0.29) is 0 Å². The van der Waals surface area contributed by atoms with E-state index < -0.39 is 0 Å². The molecule has 2 aliphatic rings. The minimum absolute atomic E-state index is 0.434. The fraction of sp³-hybridized carbons (Fsp3) is 0.529. The van der Waals surface area contributed by atoms with Crippen LogP contribution in [0.15, 0.2) is 29.0 Å². The Balaban J connectivity index is 1.66. The standard InChI is InChI=1S/C17H22N2S2/c1-17(6-7-18-11-17)12-19-8-4-14-13(5-10-21-14)16(19)15-3-2-9-20-15/h2-3,5,9-10,16,18H,4,6-8,11-12H2,1H3. The maximum atomic E-state index is 3.54. The molecule has 1 N–H and O–H groups in total. The van der Waals surface area contributed by atoms with E-state index in [9.17, 15) is 0 Å². The van der Waals surface area contributed by atoms with Gasteiger partial charge in [-0.15, -0.1) is 22.7 Å². The molecule has 4 heteroatoms. The Kier molecular flexibility index (Phi) is 3.66. The molecule has 2 aliphatic heterocycles. The predicted molar refractivity (Wildman–Crippen MR) is 91.4 cm³/mol. The van der Waals surface area contributed by atoms with E-state index in [0.717, 1.165) is 6.54 Å². The second-order valence-electron chi connectivity index (χ2n) is 6.67. The number of rotatable bonds is 3. The quantitative estimate of drug-likeness (QED) is 0.927. The van der Waals surface area contributed by atoms with Gasteiger partial charge in [0.05, 0.1) is 6.04 Å². The van der Waals surface area contributed by atoms with Crippen LogP contribution in [0, 0.1) is 5.41 Å². The molecule has 2 nitrogen and oxygen atoms in total. The molecule has 1 fully saturated rings. The maximum Gasteiger partial charge on any atom is 0.0707 e. The minimum atomic E-state index is 0.434. The van der Waals surface area contributed by atoms with E-state index >= 15 is 0 Å². The van der Waals surface area contributed by atoms with Crippen LogP contribution in [-0.2, 0) is 6.42 Å². The molecule has 0 aliphatic carbocycles. The van der Waals surface area contributed by atoms with Crippen LogP contribution in [0.5, 0.6) is 0 Å². The summed E-state index contributed by atoms with van der Waals surface area (Å²) >= 11 is 3.84. The molecule has 0 spiro atoms. The second-order valence-corrected chi connectivity index (χ2v) is 8.65. The number of hydrogen-bond donors (Lipinski definition) is 1. The Morgan fingerprint density at radius 3 is 3.05 bits per heavy atom. The van der Waals surface area contributed by atoms with Crippen molar-refractivity contribution in [1.82, 2.24) is 10.2 Å². The summed E-state index contributed by atoms with van der Waals surface area (Å²) in [5.41, 5.74) is 1.99. The molecule has 1 saturated heterocycles. The highest BCUT2D eigenvalue weighted by Gasteiger charge is 2.36. The lowest BCUT2D eigenvalue weighted by atomic mass is 9.87. The van der Waals surface area contributed by atoms with Crippen molar-refractivity contribution in [2.24, 2.45) is 5.41 Å². The summed E-state index contributed by atoms with van der Waals surface area (Å²) < 4.78 is 0. The normalized spacial score (nSPS) is 29.7. The monoisotopic (exact) mass is 318 g/mol. The van der Waals surface area contributed by atoms with Gasteiger partial charge in [0, 0.05) is 29.4 Å². The molecule has 112 valence electrons. The van der Waals surface area contributed by atoms with E-state index in [1.165, 1.54) is 37.4 Å². The van der Waals surface area contributed by atoms with Crippen LogP contribution in [0.2, 0.25) is 0 Å². The molecule has 21 heavy (non-hydrogen) atoms. The molecule has 0 bridgehead atoms. The maximum absolute atomic E-state index is 3.54. The number of nitrogens with zero attached hydrogens (tertiary/aromatic N) is 1. The van der Waals surface area contributed by atoms with Gasteiger partial charge in [-0.25, -0.2) is 0 Å². The average Bonchev–Trinajstić information content (AvgIpc) is 3.19. The summed E-state index contributed by atoms with van der Waals surface area (Å²) in [5, 5.41) is 8.03. The SMILES string of the molecule is CC1(CN2CCc3sccc3C2c2cccs2)CCNC1. The van der Waals surface area contributed by atoms with Gasteiger partial charge >= 0.3 is 0 Å². The molecule has 2 unspecified atom stereocenters. The Labute approximate surface area is 134 Å². The predicted octanol–water partition coefficient (Wildman–Crippen LogP) is 3.76. The van der Waals surface area contributed by atoms with E-state index in [1.807, 2.05) is 22.7 Å². The van der Waals surface area contributed by atoms with Crippen molar-refractivity contribution in [3.05, 3.63) is 44.3 Å². The summed E-state index contributed by atoms with van der Waals surface area (Å²) in [6.45, 7) is 7.19. The smallest absolute Gasteiger partial charge is 0.0707 e. The molecule has 4 heterocycles. The Morgan fingerprint density at radius 1 is 1.33 bits per heavy atom. The number of fused-ring (bicyclic) bond motifs is 1. The third kappa shape index (κ3) is 2.59. The van der Waals surface area contributed by atoms with Gasteiger partial charge in [0.15, 0.2) is 0 Å². The van der Waals surface area contributed by atoms with Crippen LogP contribution in [0.3, 0.4) is 0 Å². The Hall–Kier alpha value is -0.680. The molecule has 0 amide bonds. The summed E-state index contributed by atoms with van der Waals surface area (Å²) in [5.74, 6) is 0.